The fourth-order valence-corrected chi connectivity index (χ4v) is 4.81. The van der Waals surface area contributed by atoms with Gasteiger partial charge in [0, 0.05) is 29.2 Å². The minimum Gasteiger partial charge on any atom is -0.476 e. The van der Waals surface area contributed by atoms with Gasteiger partial charge in [-0.15, -0.1) is 0 Å². The van der Waals surface area contributed by atoms with E-state index in [1.165, 1.54) is 18.2 Å². The maximum absolute atomic E-state index is 13.1. The molecule has 0 aliphatic carbocycles. The lowest BCUT2D eigenvalue weighted by atomic mass is 10.0. The lowest BCUT2D eigenvalue weighted by molar-refractivity contribution is -0.156. The van der Waals surface area contributed by atoms with E-state index in [1.54, 1.807) is 13.8 Å². The molecule has 1 amide bonds. The number of methoxy groups -OCH3 is 1. The van der Waals surface area contributed by atoms with Crippen LogP contribution in [0.15, 0.2) is 66.7 Å². The maximum Gasteiger partial charge on any atom is 0.349 e. The summed E-state index contributed by atoms with van der Waals surface area (Å²) in [4.78, 5) is 25.2. The Morgan fingerprint density at radius 3 is 2.45 bits per heavy atom. The Morgan fingerprint density at radius 2 is 1.74 bits per heavy atom. The second-order valence-corrected chi connectivity index (χ2v) is 10.4. The average Bonchev–Trinajstić information content (AvgIpc) is 3.12. The first kappa shape index (κ1) is 27.0. The van der Waals surface area contributed by atoms with Gasteiger partial charge in [0.1, 0.15) is 5.75 Å². The molecule has 0 spiro atoms. The minimum atomic E-state index is -1.09. The number of amides is 1. The van der Waals surface area contributed by atoms with E-state index in [9.17, 15) is 9.59 Å². The molecule has 0 saturated heterocycles. The molecule has 38 heavy (non-hydrogen) atoms. The predicted octanol–water partition coefficient (Wildman–Crippen LogP) is 6.21. The van der Waals surface area contributed by atoms with Crippen LogP contribution in [-0.2, 0) is 23.0 Å². The molecule has 0 aliphatic heterocycles. The van der Waals surface area contributed by atoms with Gasteiger partial charge in [0.2, 0.25) is 0 Å². The van der Waals surface area contributed by atoms with E-state index in [2.05, 4.69) is 22.9 Å². The summed E-state index contributed by atoms with van der Waals surface area (Å²) < 4.78 is 12.9. The van der Waals surface area contributed by atoms with Crippen LogP contribution in [0.5, 0.6) is 5.75 Å². The van der Waals surface area contributed by atoms with Crippen molar-refractivity contribution in [3.05, 3.63) is 100 Å². The second-order valence-electron chi connectivity index (χ2n) is 10.4. The highest BCUT2D eigenvalue weighted by atomic mass is 16.6. The lowest BCUT2D eigenvalue weighted by Gasteiger charge is -2.23. The maximum atomic E-state index is 13.1. The van der Waals surface area contributed by atoms with Crippen LogP contribution >= 0.6 is 0 Å². The number of hydrogen-bond donors (Lipinski definition) is 1. The average molecular weight is 513 g/mol. The summed E-state index contributed by atoms with van der Waals surface area (Å²) in [5.74, 6) is 0.0813. The monoisotopic (exact) mass is 512 g/mol. The van der Waals surface area contributed by atoms with Crippen LogP contribution in [0, 0.1) is 13.8 Å². The van der Waals surface area contributed by atoms with Crippen molar-refractivity contribution >= 4 is 22.8 Å². The smallest absolute Gasteiger partial charge is 0.349 e. The molecule has 198 valence electrons. The number of ether oxygens (including phenoxy) is 2. The van der Waals surface area contributed by atoms with Gasteiger partial charge in [-0.3, -0.25) is 4.79 Å². The Morgan fingerprint density at radius 1 is 1.00 bits per heavy atom. The van der Waals surface area contributed by atoms with Crippen molar-refractivity contribution < 1.29 is 19.1 Å². The number of aromatic nitrogens is 1. The number of esters is 1. The molecule has 0 unspecified atom stereocenters. The zero-order valence-electron chi connectivity index (χ0n) is 23.2. The van der Waals surface area contributed by atoms with E-state index in [0.29, 0.717) is 17.7 Å². The van der Waals surface area contributed by atoms with Crippen LogP contribution in [0.1, 0.15) is 65.1 Å². The summed E-state index contributed by atoms with van der Waals surface area (Å²) in [6.45, 7) is 9.52. The first-order valence-electron chi connectivity index (χ1n) is 12.8. The molecule has 6 heteroatoms. The Hall–Kier alpha value is -4.06. The molecule has 3 aromatic carbocycles. The summed E-state index contributed by atoms with van der Waals surface area (Å²) in [6, 6.07) is 21.7. The zero-order chi connectivity index (χ0) is 27.6. The third-order valence-corrected chi connectivity index (χ3v) is 7.11. The number of carbonyl (C=O) groups is 2. The van der Waals surface area contributed by atoms with Gasteiger partial charge in [-0.25, -0.2) is 4.79 Å². The van der Waals surface area contributed by atoms with E-state index in [0.717, 1.165) is 27.7 Å². The highest BCUT2D eigenvalue weighted by Gasteiger charge is 2.31. The molecule has 0 saturated carbocycles. The van der Waals surface area contributed by atoms with Crippen LogP contribution in [0.2, 0.25) is 0 Å². The van der Waals surface area contributed by atoms with Gasteiger partial charge in [-0.05, 0) is 82.0 Å². The van der Waals surface area contributed by atoms with Crippen LogP contribution in [0.4, 0.5) is 0 Å². The summed E-state index contributed by atoms with van der Waals surface area (Å²) >= 11 is 0. The van der Waals surface area contributed by atoms with Crippen molar-refractivity contribution in [1.29, 1.82) is 0 Å². The normalized spacial score (nSPS) is 12.3. The Labute approximate surface area is 224 Å². The molecule has 4 rings (SSSR count). The first-order valence-corrected chi connectivity index (χ1v) is 12.8. The molecule has 4 aromatic rings. The van der Waals surface area contributed by atoms with Crippen LogP contribution < -0.4 is 10.1 Å². The first-order chi connectivity index (χ1) is 18.0. The van der Waals surface area contributed by atoms with Crippen molar-refractivity contribution in [1.82, 2.24) is 9.88 Å². The van der Waals surface area contributed by atoms with E-state index < -0.39 is 11.6 Å². The quantitative estimate of drug-likeness (QED) is 0.285. The summed E-state index contributed by atoms with van der Waals surface area (Å²) in [5.41, 5.74) is 6.18. The molecule has 0 aliphatic rings. The molecular weight excluding hydrogens is 476 g/mol. The zero-order valence-corrected chi connectivity index (χ0v) is 23.2. The summed E-state index contributed by atoms with van der Waals surface area (Å²) in [6.07, 6.45) is 0.689. The number of benzene rings is 3. The Kier molecular flexibility index (Phi) is 7.63. The van der Waals surface area contributed by atoms with Crippen molar-refractivity contribution in [3.8, 4) is 5.75 Å². The van der Waals surface area contributed by atoms with Crippen LogP contribution in [0.25, 0.3) is 10.9 Å². The fraction of sp³-hybridized carbons (Fsp3) is 0.312. The summed E-state index contributed by atoms with van der Waals surface area (Å²) in [7, 11) is 3.38. The lowest BCUT2D eigenvalue weighted by Crippen LogP contribution is -2.39. The van der Waals surface area contributed by atoms with Crippen molar-refractivity contribution in [3.63, 3.8) is 0 Å². The molecule has 6 nitrogen and oxygen atoms in total. The Balaban J connectivity index is 1.57. The summed E-state index contributed by atoms with van der Waals surface area (Å²) in [5, 5.41) is 4.23. The van der Waals surface area contributed by atoms with E-state index >= 15 is 0 Å². The van der Waals surface area contributed by atoms with E-state index in [-0.39, 0.29) is 11.9 Å². The number of hydrogen-bond acceptors (Lipinski definition) is 4. The number of carbonyl (C=O) groups excluding carboxylic acids is 2. The number of nitrogens with zero attached hydrogens (tertiary/aromatic N) is 1. The minimum absolute atomic E-state index is 0.0949. The van der Waals surface area contributed by atoms with Gasteiger partial charge >= 0.3 is 5.97 Å². The molecular formula is C32H36N2O4. The highest BCUT2D eigenvalue weighted by Crippen LogP contribution is 2.30. The fourth-order valence-electron chi connectivity index (χ4n) is 4.81. The van der Waals surface area contributed by atoms with Crippen molar-refractivity contribution in [2.24, 2.45) is 7.05 Å². The molecule has 1 atom stereocenters. The number of rotatable bonds is 8. The topological polar surface area (TPSA) is 69.6 Å². The van der Waals surface area contributed by atoms with Gasteiger partial charge < -0.3 is 19.4 Å². The second kappa shape index (κ2) is 10.7. The van der Waals surface area contributed by atoms with Gasteiger partial charge in [-0.1, -0.05) is 48.0 Å². The largest absolute Gasteiger partial charge is 0.476 e. The highest BCUT2D eigenvalue weighted by molar-refractivity contribution is 5.99. The van der Waals surface area contributed by atoms with Crippen LogP contribution in [0.3, 0.4) is 0 Å². The third-order valence-electron chi connectivity index (χ3n) is 7.11. The third kappa shape index (κ3) is 5.59. The van der Waals surface area contributed by atoms with E-state index in [4.69, 9.17) is 9.47 Å². The SMILES string of the molecule is COC(=O)C(C)(C)Oc1cccc(Cc2c(C)n(C)c3cc(C(=O)N[C@@H](C)c4cccc(C)c4)ccc23)c1. The van der Waals surface area contributed by atoms with Crippen LogP contribution in [-0.4, -0.2) is 29.2 Å². The Bertz CT molecular complexity index is 1500. The standard InChI is InChI=1S/C32H36N2O4/c1-20-10-8-12-24(16-20)21(2)33-30(35)25-14-15-27-28(22(3)34(6)29(27)19-25)18-23-11-9-13-26(17-23)38-32(4,5)31(36)37-7/h8-17,19,21H,18H2,1-7H3,(H,33,35)/t21-/m0/s1. The van der Waals surface area contributed by atoms with Crippen molar-refractivity contribution in [2.75, 3.05) is 7.11 Å². The molecule has 1 aromatic heterocycles. The van der Waals surface area contributed by atoms with Gasteiger partial charge in [0.05, 0.1) is 13.2 Å². The molecule has 1 N–H and O–H groups in total. The predicted molar refractivity (Wildman–Crippen MR) is 151 cm³/mol. The molecule has 0 radical (unpaired) electrons. The molecule has 0 bridgehead atoms. The van der Waals surface area contributed by atoms with Crippen molar-refractivity contribution in [2.45, 2.75) is 52.7 Å². The van der Waals surface area contributed by atoms with E-state index in [1.807, 2.05) is 81.6 Å². The van der Waals surface area contributed by atoms with Gasteiger partial charge in [-0.2, -0.15) is 0 Å². The molecule has 1 heterocycles. The number of fused-ring (bicyclic) bond motifs is 1. The van der Waals surface area contributed by atoms with Gasteiger partial charge in [0.25, 0.3) is 5.91 Å². The molecule has 0 fully saturated rings. The number of aryl methyl sites for hydroxylation is 2. The van der Waals surface area contributed by atoms with Gasteiger partial charge in [0.15, 0.2) is 5.60 Å². The number of nitrogens with one attached hydrogen (secondary N) is 1.